The Bertz CT molecular complexity index is 564. The molecule has 2 aromatic carbocycles. The number of benzene rings is 2. The molecule has 0 aromatic heterocycles. The topological polar surface area (TPSA) is 26.1 Å². The lowest BCUT2D eigenvalue weighted by Crippen LogP contribution is -1.99. The third-order valence-electron chi connectivity index (χ3n) is 2.42. The van der Waals surface area contributed by atoms with E-state index in [1.54, 1.807) is 12.1 Å². The molecule has 0 aliphatic heterocycles. The molecule has 0 N–H and O–H groups in total. The maximum atomic E-state index is 11.9. The van der Waals surface area contributed by atoms with Gasteiger partial charge in [0, 0.05) is 12.1 Å². The number of hydrogen-bond donors (Lipinski definition) is 0. The van der Waals surface area contributed by atoms with Crippen LogP contribution in [0.25, 0.3) is 0 Å². The quantitative estimate of drug-likeness (QED) is 0.341. The smallest absolute Gasteiger partial charge is 0.216 e. The van der Waals surface area contributed by atoms with Gasteiger partial charge in [-0.15, -0.1) is 0 Å². The molecule has 86 valence electrons. The average molecular weight is 246 g/mol. The summed E-state index contributed by atoms with van der Waals surface area (Å²) in [4.78, 5) is 0. The summed E-state index contributed by atoms with van der Waals surface area (Å²) >= 11 is 5.99. The van der Waals surface area contributed by atoms with Crippen molar-refractivity contribution in [1.82, 2.24) is 0 Å². The van der Waals surface area contributed by atoms with Crippen LogP contribution in [0.5, 0.6) is 0 Å². The van der Waals surface area contributed by atoms with E-state index in [1.165, 1.54) is 6.21 Å². The first-order valence-corrected chi connectivity index (χ1v) is 5.67. The van der Waals surface area contributed by atoms with Gasteiger partial charge in [0.25, 0.3) is 0 Å². The highest BCUT2D eigenvalue weighted by molar-refractivity contribution is 6.32. The molecule has 0 saturated heterocycles. The maximum absolute atomic E-state index is 11.9. The minimum Gasteiger partial charge on any atom is -0.618 e. The molecule has 3 heteroatoms. The number of rotatable bonds is 2. The molecule has 0 aliphatic carbocycles. The van der Waals surface area contributed by atoms with E-state index in [1.807, 2.05) is 43.3 Å². The van der Waals surface area contributed by atoms with Crippen LogP contribution in [-0.4, -0.2) is 11.0 Å². The first-order chi connectivity index (χ1) is 8.16. The molecule has 0 unspecified atom stereocenters. The summed E-state index contributed by atoms with van der Waals surface area (Å²) in [6, 6.07) is 14.7. The van der Waals surface area contributed by atoms with Gasteiger partial charge in [-0.3, -0.25) is 0 Å². The van der Waals surface area contributed by atoms with E-state index in [2.05, 4.69) is 0 Å². The summed E-state index contributed by atoms with van der Waals surface area (Å²) in [6.45, 7) is 1.95. The summed E-state index contributed by atoms with van der Waals surface area (Å²) < 4.78 is 0.828. The number of halogens is 1. The van der Waals surface area contributed by atoms with Gasteiger partial charge in [-0.25, -0.2) is 0 Å². The third-order valence-corrected chi connectivity index (χ3v) is 2.76. The zero-order valence-electron chi connectivity index (χ0n) is 9.43. The van der Waals surface area contributed by atoms with Gasteiger partial charge in [0.2, 0.25) is 5.69 Å². The van der Waals surface area contributed by atoms with Crippen molar-refractivity contribution in [3.63, 3.8) is 0 Å². The molecule has 2 aromatic rings. The van der Waals surface area contributed by atoms with Crippen LogP contribution >= 0.6 is 11.6 Å². The molecule has 0 fully saturated rings. The van der Waals surface area contributed by atoms with Crippen molar-refractivity contribution in [2.45, 2.75) is 6.92 Å². The van der Waals surface area contributed by atoms with Gasteiger partial charge in [-0.05, 0) is 24.6 Å². The zero-order chi connectivity index (χ0) is 12.3. The molecular weight excluding hydrogens is 234 g/mol. The van der Waals surface area contributed by atoms with Crippen LogP contribution in [0, 0.1) is 12.1 Å². The molecule has 0 amide bonds. The van der Waals surface area contributed by atoms with Gasteiger partial charge in [0.05, 0.1) is 10.6 Å². The van der Waals surface area contributed by atoms with Crippen molar-refractivity contribution in [3.8, 4) is 0 Å². The Balaban J connectivity index is 2.38. The average Bonchev–Trinajstić information content (AvgIpc) is 2.32. The molecule has 17 heavy (non-hydrogen) atoms. The van der Waals surface area contributed by atoms with Crippen LogP contribution < -0.4 is 0 Å². The van der Waals surface area contributed by atoms with Gasteiger partial charge < -0.3 is 5.21 Å². The maximum Gasteiger partial charge on any atom is 0.216 e. The van der Waals surface area contributed by atoms with E-state index in [0.717, 1.165) is 10.3 Å². The second-order valence-electron chi connectivity index (χ2n) is 3.82. The standard InChI is InChI=1S/C14H12ClNO/c1-11-5-4-7-13(9-11)16(17)10-12-6-2-3-8-14(12)15/h2-10H,1H3. The number of nitrogens with zero attached hydrogens (tertiary/aromatic N) is 1. The van der Waals surface area contributed by atoms with Crippen molar-refractivity contribution in [2.75, 3.05) is 0 Å². The lowest BCUT2D eigenvalue weighted by atomic mass is 10.2. The summed E-state index contributed by atoms with van der Waals surface area (Å²) in [5.74, 6) is 0. The SMILES string of the molecule is Cc1cccc([N+]([O-])=Cc2ccccc2Cl)c1. The summed E-state index contributed by atoms with van der Waals surface area (Å²) in [7, 11) is 0. The van der Waals surface area contributed by atoms with Gasteiger partial charge in [0.15, 0.2) is 6.21 Å². The molecular formula is C14H12ClNO. The normalized spacial score (nSPS) is 11.5. The molecule has 2 rings (SSSR count). The fourth-order valence-corrected chi connectivity index (χ4v) is 1.73. The molecule has 0 bridgehead atoms. The summed E-state index contributed by atoms with van der Waals surface area (Å²) in [5, 5.41) is 12.5. The number of hydrogen-bond acceptors (Lipinski definition) is 1. The van der Waals surface area contributed by atoms with Crippen molar-refractivity contribution >= 4 is 23.5 Å². The minimum absolute atomic E-state index is 0.570. The summed E-state index contributed by atoms with van der Waals surface area (Å²) in [5.41, 5.74) is 2.37. The van der Waals surface area contributed by atoms with Gasteiger partial charge in [0.1, 0.15) is 0 Å². The minimum atomic E-state index is 0.570. The fraction of sp³-hybridized carbons (Fsp3) is 0.0714. The van der Waals surface area contributed by atoms with E-state index in [0.29, 0.717) is 16.3 Å². The molecule has 0 saturated carbocycles. The highest BCUT2D eigenvalue weighted by atomic mass is 35.5. The van der Waals surface area contributed by atoms with Gasteiger partial charge in [-0.1, -0.05) is 35.9 Å². The van der Waals surface area contributed by atoms with E-state index >= 15 is 0 Å². The van der Waals surface area contributed by atoms with E-state index in [4.69, 9.17) is 11.6 Å². The Hall–Kier alpha value is -1.80. The first-order valence-electron chi connectivity index (χ1n) is 5.29. The van der Waals surface area contributed by atoms with Crippen molar-refractivity contribution < 1.29 is 4.74 Å². The predicted molar refractivity (Wildman–Crippen MR) is 71.1 cm³/mol. The van der Waals surface area contributed by atoms with Gasteiger partial charge in [-0.2, -0.15) is 4.74 Å². The molecule has 0 heterocycles. The number of aryl methyl sites for hydroxylation is 1. The molecule has 0 spiro atoms. The molecule has 0 radical (unpaired) electrons. The molecule has 0 atom stereocenters. The van der Waals surface area contributed by atoms with Crippen molar-refractivity contribution in [3.05, 3.63) is 69.9 Å². The van der Waals surface area contributed by atoms with Crippen LogP contribution in [0.15, 0.2) is 48.5 Å². The monoisotopic (exact) mass is 245 g/mol. The lowest BCUT2D eigenvalue weighted by Gasteiger charge is -2.04. The van der Waals surface area contributed by atoms with Crippen molar-refractivity contribution in [2.24, 2.45) is 0 Å². The second-order valence-corrected chi connectivity index (χ2v) is 4.22. The Morgan fingerprint density at radius 1 is 1.12 bits per heavy atom. The zero-order valence-corrected chi connectivity index (χ0v) is 10.2. The highest BCUT2D eigenvalue weighted by Gasteiger charge is 2.04. The molecule has 2 nitrogen and oxygen atoms in total. The predicted octanol–water partition coefficient (Wildman–Crippen LogP) is 3.91. The Labute approximate surface area is 105 Å². The Morgan fingerprint density at radius 2 is 1.88 bits per heavy atom. The summed E-state index contributed by atoms with van der Waals surface area (Å²) in [6.07, 6.45) is 1.48. The highest BCUT2D eigenvalue weighted by Crippen LogP contribution is 2.16. The van der Waals surface area contributed by atoms with Crippen LogP contribution in [0.1, 0.15) is 11.1 Å². The Kier molecular flexibility index (Phi) is 3.45. The lowest BCUT2D eigenvalue weighted by molar-refractivity contribution is -0.354. The molecule has 0 aliphatic rings. The Morgan fingerprint density at radius 3 is 2.59 bits per heavy atom. The third kappa shape index (κ3) is 2.86. The van der Waals surface area contributed by atoms with Crippen LogP contribution in [0.3, 0.4) is 0 Å². The van der Waals surface area contributed by atoms with E-state index < -0.39 is 0 Å². The second kappa shape index (κ2) is 5.02. The fourth-order valence-electron chi connectivity index (χ4n) is 1.55. The van der Waals surface area contributed by atoms with Crippen LogP contribution in [-0.2, 0) is 0 Å². The van der Waals surface area contributed by atoms with Crippen LogP contribution in [0.4, 0.5) is 5.69 Å². The first kappa shape index (κ1) is 11.7. The van der Waals surface area contributed by atoms with Crippen LogP contribution in [0.2, 0.25) is 5.02 Å². The largest absolute Gasteiger partial charge is 0.618 e. The van der Waals surface area contributed by atoms with Gasteiger partial charge >= 0.3 is 0 Å². The van der Waals surface area contributed by atoms with Crippen molar-refractivity contribution in [1.29, 1.82) is 0 Å². The van der Waals surface area contributed by atoms with E-state index in [9.17, 15) is 5.21 Å². The van der Waals surface area contributed by atoms with E-state index in [-0.39, 0.29) is 0 Å².